The lowest BCUT2D eigenvalue weighted by atomic mass is 10.1. The highest BCUT2D eigenvalue weighted by atomic mass is 35.5. The minimum Gasteiger partial charge on any atom is -0.494 e. The van der Waals surface area contributed by atoms with Crippen LogP contribution in [0.1, 0.15) is 11.6 Å². The van der Waals surface area contributed by atoms with Crippen LogP contribution in [0.3, 0.4) is 0 Å². The predicted octanol–water partition coefficient (Wildman–Crippen LogP) is 1.96. The first-order valence-electron chi connectivity index (χ1n) is 4.08. The molecule has 0 spiro atoms. The second kappa shape index (κ2) is 4.84. The third-order valence-corrected chi connectivity index (χ3v) is 2.47. The average molecular weight is 235 g/mol. The number of ether oxygens (including phenoxy) is 1. The van der Waals surface area contributed by atoms with Gasteiger partial charge in [0.1, 0.15) is 0 Å². The maximum atomic E-state index is 5.93. The van der Waals surface area contributed by atoms with Crippen LogP contribution in [0.2, 0.25) is 10.0 Å². The molecule has 1 aromatic carbocycles. The van der Waals surface area contributed by atoms with Gasteiger partial charge in [0.05, 0.1) is 17.2 Å². The van der Waals surface area contributed by atoms with Crippen LogP contribution in [0.4, 0.5) is 0 Å². The van der Waals surface area contributed by atoms with Gasteiger partial charge in [0, 0.05) is 12.6 Å². The number of hydrogen-bond acceptors (Lipinski definition) is 3. The van der Waals surface area contributed by atoms with Crippen LogP contribution in [-0.4, -0.2) is 13.7 Å². The molecule has 14 heavy (non-hydrogen) atoms. The molecular formula is C9H12Cl2N2O. The molecule has 4 N–H and O–H groups in total. The lowest BCUT2D eigenvalue weighted by molar-refractivity contribution is 0.415. The summed E-state index contributed by atoms with van der Waals surface area (Å²) in [6.45, 7) is 0.346. The average Bonchev–Trinajstić information content (AvgIpc) is 2.16. The van der Waals surface area contributed by atoms with Crippen molar-refractivity contribution < 1.29 is 4.74 Å². The molecule has 1 atom stereocenters. The quantitative estimate of drug-likeness (QED) is 0.841. The highest BCUT2D eigenvalue weighted by molar-refractivity contribution is 6.37. The molecule has 1 aromatic rings. The SMILES string of the molecule is COc1c(Cl)cc(C(N)CN)cc1Cl. The van der Waals surface area contributed by atoms with Crippen LogP contribution in [0.15, 0.2) is 12.1 Å². The summed E-state index contributed by atoms with van der Waals surface area (Å²) in [5, 5.41) is 0.887. The van der Waals surface area contributed by atoms with Crippen molar-refractivity contribution in [2.24, 2.45) is 11.5 Å². The Kier molecular flexibility index (Phi) is 4.01. The lowest BCUT2D eigenvalue weighted by Gasteiger charge is -2.12. The molecule has 0 heterocycles. The van der Waals surface area contributed by atoms with Gasteiger partial charge >= 0.3 is 0 Å². The van der Waals surface area contributed by atoms with Crippen molar-refractivity contribution in [3.05, 3.63) is 27.7 Å². The van der Waals surface area contributed by atoms with E-state index in [9.17, 15) is 0 Å². The Hall–Kier alpha value is -0.480. The Morgan fingerprint density at radius 1 is 1.36 bits per heavy atom. The monoisotopic (exact) mass is 234 g/mol. The maximum absolute atomic E-state index is 5.93. The summed E-state index contributed by atoms with van der Waals surface area (Å²) < 4.78 is 5.01. The van der Waals surface area contributed by atoms with E-state index in [-0.39, 0.29) is 6.04 Å². The zero-order valence-corrected chi connectivity index (χ0v) is 9.27. The summed E-state index contributed by atoms with van der Waals surface area (Å²) >= 11 is 11.9. The van der Waals surface area contributed by atoms with Gasteiger partial charge in [-0.1, -0.05) is 23.2 Å². The number of nitrogens with two attached hydrogens (primary N) is 2. The van der Waals surface area contributed by atoms with Gasteiger partial charge in [0.2, 0.25) is 0 Å². The van der Waals surface area contributed by atoms with Gasteiger partial charge in [0.25, 0.3) is 0 Å². The largest absolute Gasteiger partial charge is 0.494 e. The van der Waals surface area contributed by atoms with Gasteiger partial charge in [-0.05, 0) is 17.7 Å². The molecular weight excluding hydrogens is 223 g/mol. The fourth-order valence-electron chi connectivity index (χ4n) is 1.12. The molecule has 0 aliphatic heterocycles. The van der Waals surface area contributed by atoms with Gasteiger partial charge in [-0.15, -0.1) is 0 Å². The Labute approximate surface area is 92.9 Å². The summed E-state index contributed by atoms with van der Waals surface area (Å²) in [5.74, 6) is 0.460. The summed E-state index contributed by atoms with van der Waals surface area (Å²) in [6.07, 6.45) is 0. The van der Waals surface area contributed by atoms with Crippen molar-refractivity contribution in [3.8, 4) is 5.75 Å². The normalized spacial score (nSPS) is 12.6. The van der Waals surface area contributed by atoms with Crippen LogP contribution in [0.5, 0.6) is 5.75 Å². The van der Waals surface area contributed by atoms with Gasteiger partial charge in [-0.3, -0.25) is 0 Å². The zero-order chi connectivity index (χ0) is 10.7. The third-order valence-electron chi connectivity index (χ3n) is 1.91. The molecule has 0 fully saturated rings. The van der Waals surface area contributed by atoms with E-state index in [2.05, 4.69) is 0 Å². The van der Waals surface area contributed by atoms with Crippen LogP contribution >= 0.6 is 23.2 Å². The maximum Gasteiger partial charge on any atom is 0.156 e. The van der Waals surface area contributed by atoms with Gasteiger partial charge < -0.3 is 16.2 Å². The summed E-state index contributed by atoms with van der Waals surface area (Å²) in [5.41, 5.74) is 12.0. The molecule has 78 valence electrons. The van der Waals surface area contributed by atoms with Crippen molar-refractivity contribution in [3.63, 3.8) is 0 Å². The van der Waals surface area contributed by atoms with E-state index in [0.717, 1.165) is 5.56 Å². The van der Waals surface area contributed by atoms with E-state index in [1.807, 2.05) is 0 Å². The predicted molar refractivity (Wildman–Crippen MR) is 59.0 cm³/mol. The smallest absolute Gasteiger partial charge is 0.156 e. The lowest BCUT2D eigenvalue weighted by Crippen LogP contribution is -2.20. The topological polar surface area (TPSA) is 61.3 Å². The van der Waals surface area contributed by atoms with Gasteiger partial charge in [0.15, 0.2) is 5.75 Å². The molecule has 0 saturated carbocycles. The number of methoxy groups -OCH3 is 1. The first-order valence-corrected chi connectivity index (χ1v) is 4.84. The minimum absolute atomic E-state index is 0.254. The molecule has 0 radical (unpaired) electrons. The zero-order valence-electron chi connectivity index (χ0n) is 7.76. The third kappa shape index (κ3) is 2.30. The second-order valence-electron chi connectivity index (χ2n) is 2.86. The molecule has 5 heteroatoms. The fourth-order valence-corrected chi connectivity index (χ4v) is 1.78. The number of hydrogen-bond donors (Lipinski definition) is 2. The highest BCUT2D eigenvalue weighted by Gasteiger charge is 2.11. The number of halogens is 2. The van der Waals surface area contributed by atoms with Gasteiger partial charge in [-0.2, -0.15) is 0 Å². The van der Waals surface area contributed by atoms with Crippen molar-refractivity contribution >= 4 is 23.2 Å². The van der Waals surface area contributed by atoms with E-state index in [4.69, 9.17) is 39.4 Å². The van der Waals surface area contributed by atoms with Crippen LogP contribution in [-0.2, 0) is 0 Å². The van der Waals surface area contributed by atoms with E-state index in [1.54, 1.807) is 12.1 Å². The molecule has 3 nitrogen and oxygen atoms in total. The minimum atomic E-state index is -0.254. The van der Waals surface area contributed by atoms with E-state index in [0.29, 0.717) is 22.3 Å². The Morgan fingerprint density at radius 2 is 1.86 bits per heavy atom. The molecule has 0 aliphatic rings. The second-order valence-corrected chi connectivity index (χ2v) is 3.67. The summed E-state index contributed by atoms with van der Waals surface area (Å²) in [6, 6.07) is 3.17. The molecule has 1 rings (SSSR count). The summed E-state index contributed by atoms with van der Waals surface area (Å²) in [4.78, 5) is 0. The molecule has 1 unspecified atom stereocenters. The van der Waals surface area contributed by atoms with E-state index < -0.39 is 0 Å². The first kappa shape index (κ1) is 11.6. The highest BCUT2D eigenvalue weighted by Crippen LogP contribution is 2.34. The fraction of sp³-hybridized carbons (Fsp3) is 0.333. The van der Waals surface area contributed by atoms with Crippen LogP contribution in [0.25, 0.3) is 0 Å². The standard InChI is InChI=1S/C9H12Cl2N2O/c1-14-9-6(10)2-5(3-7(9)11)8(13)4-12/h2-3,8H,4,12-13H2,1H3. The van der Waals surface area contributed by atoms with E-state index in [1.165, 1.54) is 7.11 Å². The number of benzene rings is 1. The van der Waals surface area contributed by atoms with Crippen molar-refractivity contribution in [1.29, 1.82) is 0 Å². The molecule has 0 bridgehead atoms. The first-order chi connectivity index (χ1) is 6.60. The molecule has 0 amide bonds. The Balaban J connectivity index is 3.13. The van der Waals surface area contributed by atoms with Crippen molar-refractivity contribution in [2.75, 3.05) is 13.7 Å². The molecule has 0 aliphatic carbocycles. The van der Waals surface area contributed by atoms with E-state index >= 15 is 0 Å². The Morgan fingerprint density at radius 3 is 2.21 bits per heavy atom. The molecule has 0 aromatic heterocycles. The van der Waals surface area contributed by atoms with Gasteiger partial charge in [-0.25, -0.2) is 0 Å². The van der Waals surface area contributed by atoms with Crippen molar-refractivity contribution in [2.45, 2.75) is 6.04 Å². The summed E-state index contributed by atoms with van der Waals surface area (Å²) in [7, 11) is 1.51. The molecule has 0 saturated heterocycles. The number of rotatable bonds is 3. The Bertz CT molecular complexity index is 308. The van der Waals surface area contributed by atoms with Crippen LogP contribution in [0, 0.1) is 0 Å². The van der Waals surface area contributed by atoms with Crippen LogP contribution < -0.4 is 16.2 Å². The van der Waals surface area contributed by atoms with Crippen molar-refractivity contribution in [1.82, 2.24) is 0 Å².